The summed E-state index contributed by atoms with van der Waals surface area (Å²) in [6.07, 6.45) is 2.63. The summed E-state index contributed by atoms with van der Waals surface area (Å²) in [7, 11) is 0. The van der Waals surface area contributed by atoms with E-state index in [1.807, 2.05) is 50.4 Å². The van der Waals surface area contributed by atoms with Gasteiger partial charge in [0.05, 0.1) is 6.54 Å². The number of rotatable bonds is 6. The van der Waals surface area contributed by atoms with Gasteiger partial charge in [0.1, 0.15) is 0 Å². The van der Waals surface area contributed by atoms with Crippen molar-refractivity contribution in [1.29, 1.82) is 0 Å². The molecule has 0 fully saturated rings. The highest BCUT2D eigenvalue weighted by atomic mass is 79.9. The first-order valence-corrected chi connectivity index (χ1v) is 9.91. The van der Waals surface area contributed by atoms with Crippen molar-refractivity contribution in [2.24, 2.45) is 0 Å². The second-order valence-corrected chi connectivity index (χ2v) is 8.13. The summed E-state index contributed by atoms with van der Waals surface area (Å²) < 4.78 is 1.06. The third-order valence-corrected chi connectivity index (χ3v) is 5.44. The fraction of sp³-hybridized carbons (Fsp3) is 0.200. The van der Waals surface area contributed by atoms with E-state index in [0.717, 1.165) is 32.6 Å². The molecule has 0 unspecified atom stereocenters. The third-order valence-electron chi connectivity index (χ3n) is 4.00. The van der Waals surface area contributed by atoms with Gasteiger partial charge in [0.15, 0.2) is 5.13 Å². The van der Waals surface area contributed by atoms with E-state index in [1.165, 1.54) is 16.9 Å². The minimum atomic E-state index is -0.0998. The first kappa shape index (κ1) is 18.6. The van der Waals surface area contributed by atoms with Gasteiger partial charge in [-0.3, -0.25) is 4.79 Å². The number of carbonyl (C=O) groups excluding carboxylic acids is 1. The van der Waals surface area contributed by atoms with Gasteiger partial charge in [-0.2, -0.15) is 0 Å². The van der Waals surface area contributed by atoms with Crippen molar-refractivity contribution in [3.8, 4) is 0 Å². The van der Waals surface area contributed by atoms with Crippen LogP contribution in [0.15, 0.2) is 53.1 Å². The molecule has 1 aromatic heterocycles. The lowest BCUT2D eigenvalue weighted by Crippen LogP contribution is -2.22. The van der Waals surface area contributed by atoms with E-state index in [0.29, 0.717) is 5.13 Å². The van der Waals surface area contributed by atoms with Gasteiger partial charge < -0.3 is 10.6 Å². The van der Waals surface area contributed by atoms with E-state index >= 15 is 0 Å². The Balaban J connectivity index is 1.55. The van der Waals surface area contributed by atoms with E-state index in [-0.39, 0.29) is 12.5 Å². The minimum absolute atomic E-state index is 0.0998. The van der Waals surface area contributed by atoms with Gasteiger partial charge in [0.25, 0.3) is 0 Å². The summed E-state index contributed by atoms with van der Waals surface area (Å²) in [5, 5.41) is 6.71. The molecule has 26 heavy (non-hydrogen) atoms. The van der Waals surface area contributed by atoms with Crippen molar-refractivity contribution in [1.82, 2.24) is 4.98 Å². The summed E-state index contributed by atoms with van der Waals surface area (Å²) >= 11 is 4.94. The second kappa shape index (κ2) is 8.47. The van der Waals surface area contributed by atoms with Crippen LogP contribution in [0.25, 0.3) is 0 Å². The Morgan fingerprint density at radius 3 is 2.50 bits per heavy atom. The Morgan fingerprint density at radius 1 is 1.12 bits per heavy atom. The number of hydrogen-bond acceptors (Lipinski definition) is 4. The Bertz CT molecular complexity index is 885. The van der Waals surface area contributed by atoms with E-state index in [1.54, 1.807) is 0 Å². The molecule has 4 nitrogen and oxygen atoms in total. The molecule has 0 aliphatic heterocycles. The Kier molecular flexibility index (Phi) is 6.06. The molecule has 0 aliphatic carbocycles. The van der Waals surface area contributed by atoms with E-state index in [4.69, 9.17) is 0 Å². The number of amides is 1. The average molecular weight is 430 g/mol. The standard InChI is InChI=1S/C20H20BrN3OS/c1-13-4-3-5-14(2)19(13)22-12-18(25)24-20-23-11-17(26-20)10-15-6-8-16(21)9-7-15/h3-9,11,22H,10,12H2,1-2H3,(H,23,24,25). The predicted molar refractivity (Wildman–Crippen MR) is 112 cm³/mol. The summed E-state index contributed by atoms with van der Waals surface area (Å²) in [5.41, 5.74) is 4.48. The Labute approximate surface area is 165 Å². The molecule has 0 spiro atoms. The van der Waals surface area contributed by atoms with Gasteiger partial charge >= 0.3 is 0 Å². The van der Waals surface area contributed by atoms with E-state index in [9.17, 15) is 4.79 Å². The average Bonchev–Trinajstić information content (AvgIpc) is 3.03. The van der Waals surface area contributed by atoms with Crippen LogP contribution in [0, 0.1) is 13.8 Å². The highest BCUT2D eigenvalue weighted by Crippen LogP contribution is 2.22. The van der Waals surface area contributed by atoms with Crippen LogP contribution < -0.4 is 10.6 Å². The largest absolute Gasteiger partial charge is 0.376 e. The summed E-state index contributed by atoms with van der Waals surface area (Å²) in [4.78, 5) is 17.6. The Morgan fingerprint density at radius 2 is 1.81 bits per heavy atom. The van der Waals surface area contributed by atoms with Gasteiger partial charge in [-0.15, -0.1) is 11.3 Å². The highest BCUT2D eigenvalue weighted by Gasteiger charge is 2.09. The molecular weight excluding hydrogens is 410 g/mol. The van der Waals surface area contributed by atoms with Gasteiger partial charge in [-0.05, 0) is 42.7 Å². The number of aromatic nitrogens is 1. The molecule has 3 aromatic rings. The van der Waals surface area contributed by atoms with Crippen molar-refractivity contribution >= 4 is 44.0 Å². The van der Waals surface area contributed by atoms with Gasteiger partial charge in [0, 0.05) is 27.7 Å². The molecule has 1 amide bonds. The third kappa shape index (κ3) is 4.93. The normalized spacial score (nSPS) is 10.6. The summed E-state index contributed by atoms with van der Waals surface area (Å²) in [5.74, 6) is -0.0998. The molecule has 0 saturated heterocycles. The number of benzene rings is 2. The predicted octanol–water partition coefficient (Wildman–Crippen LogP) is 5.16. The molecule has 134 valence electrons. The van der Waals surface area contributed by atoms with E-state index < -0.39 is 0 Å². The van der Waals surface area contributed by atoms with Crippen LogP contribution in [0.1, 0.15) is 21.6 Å². The van der Waals surface area contributed by atoms with Crippen LogP contribution in [0.2, 0.25) is 0 Å². The molecule has 2 aromatic carbocycles. The smallest absolute Gasteiger partial charge is 0.245 e. The molecule has 0 aliphatic rings. The number of aryl methyl sites for hydroxylation is 2. The quantitative estimate of drug-likeness (QED) is 0.568. The molecule has 1 heterocycles. The molecule has 0 bridgehead atoms. The number of halogens is 1. The van der Waals surface area contributed by atoms with Gasteiger partial charge in [-0.25, -0.2) is 4.98 Å². The molecule has 0 radical (unpaired) electrons. The SMILES string of the molecule is Cc1cccc(C)c1NCC(=O)Nc1ncc(Cc2ccc(Br)cc2)s1. The fourth-order valence-corrected chi connectivity index (χ4v) is 3.80. The molecule has 3 rings (SSSR count). The van der Waals surface area contributed by atoms with E-state index in [2.05, 4.69) is 43.7 Å². The Hall–Kier alpha value is -2.18. The molecule has 0 saturated carbocycles. The number of nitrogens with zero attached hydrogens (tertiary/aromatic N) is 1. The van der Waals surface area contributed by atoms with Crippen LogP contribution in [-0.2, 0) is 11.2 Å². The summed E-state index contributed by atoms with van der Waals surface area (Å²) in [6, 6.07) is 14.3. The zero-order valence-corrected chi connectivity index (χ0v) is 17.1. The van der Waals surface area contributed by atoms with Crippen molar-refractivity contribution < 1.29 is 4.79 Å². The number of nitrogens with one attached hydrogen (secondary N) is 2. The lowest BCUT2D eigenvalue weighted by Gasteiger charge is -2.11. The maximum Gasteiger partial charge on any atom is 0.245 e. The molecule has 6 heteroatoms. The molecule has 2 N–H and O–H groups in total. The number of carbonyl (C=O) groups is 1. The zero-order chi connectivity index (χ0) is 18.5. The maximum absolute atomic E-state index is 12.2. The van der Waals surface area contributed by atoms with Crippen molar-refractivity contribution in [3.63, 3.8) is 0 Å². The number of anilines is 2. The summed E-state index contributed by atoms with van der Waals surface area (Å²) in [6.45, 7) is 4.28. The first-order valence-electron chi connectivity index (χ1n) is 8.30. The van der Waals surface area contributed by atoms with Crippen LogP contribution >= 0.6 is 27.3 Å². The van der Waals surface area contributed by atoms with Crippen LogP contribution in [0.3, 0.4) is 0 Å². The van der Waals surface area contributed by atoms with Gasteiger partial charge in [-0.1, -0.05) is 46.3 Å². The fourth-order valence-electron chi connectivity index (χ4n) is 2.68. The monoisotopic (exact) mass is 429 g/mol. The van der Waals surface area contributed by atoms with Gasteiger partial charge in [0.2, 0.25) is 5.91 Å². The van der Waals surface area contributed by atoms with Crippen molar-refractivity contribution in [2.75, 3.05) is 17.2 Å². The lowest BCUT2D eigenvalue weighted by atomic mass is 10.1. The minimum Gasteiger partial charge on any atom is -0.376 e. The maximum atomic E-state index is 12.2. The number of thiazole rings is 1. The van der Waals surface area contributed by atoms with Crippen molar-refractivity contribution in [2.45, 2.75) is 20.3 Å². The van der Waals surface area contributed by atoms with Crippen LogP contribution in [0.4, 0.5) is 10.8 Å². The topological polar surface area (TPSA) is 54.0 Å². The van der Waals surface area contributed by atoms with Crippen LogP contribution in [-0.4, -0.2) is 17.4 Å². The number of hydrogen-bond donors (Lipinski definition) is 2. The second-order valence-electron chi connectivity index (χ2n) is 6.10. The van der Waals surface area contributed by atoms with Crippen LogP contribution in [0.5, 0.6) is 0 Å². The lowest BCUT2D eigenvalue weighted by molar-refractivity contribution is -0.114. The molecular formula is C20H20BrN3OS. The zero-order valence-electron chi connectivity index (χ0n) is 14.7. The number of para-hydroxylation sites is 1. The highest BCUT2D eigenvalue weighted by molar-refractivity contribution is 9.10. The first-order chi connectivity index (χ1) is 12.5. The van der Waals surface area contributed by atoms with Crippen molar-refractivity contribution in [3.05, 3.63) is 74.7 Å². The molecule has 0 atom stereocenters.